The van der Waals surface area contributed by atoms with Crippen LogP contribution in [0.25, 0.3) is 5.70 Å². The van der Waals surface area contributed by atoms with E-state index >= 15 is 0 Å². The number of aryl methyl sites for hydroxylation is 1. The third-order valence-corrected chi connectivity index (χ3v) is 5.97. The number of hydrogen-bond acceptors (Lipinski definition) is 4. The summed E-state index contributed by atoms with van der Waals surface area (Å²) in [6.07, 6.45) is 13.0. The highest BCUT2D eigenvalue weighted by Crippen LogP contribution is 2.33. The predicted octanol–water partition coefficient (Wildman–Crippen LogP) is 3.70. The minimum atomic E-state index is -1.05. The molecule has 1 amide bonds. The van der Waals surface area contributed by atoms with Crippen LogP contribution in [-0.2, 0) is 19.3 Å². The van der Waals surface area contributed by atoms with Crippen molar-refractivity contribution in [3.05, 3.63) is 52.7 Å². The SMILES string of the molecule is O=C(NC1CCCc2c1cnn2C1=CC=CCC1F)c1onc2c1CCCC2. The number of alkyl halides is 1. The van der Waals surface area contributed by atoms with E-state index in [-0.39, 0.29) is 11.9 Å². The van der Waals surface area contributed by atoms with E-state index in [1.165, 1.54) is 0 Å². The first-order valence-corrected chi connectivity index (χ1v) is 10.1. The van der Waals surface area contributed by atoms with E-state index in [9.17, 15) is 9.18 Å². The monoisotopic (exact) mass is 382 g/mol. The largest absolute Gasteiger partial charge is 0.350 e. The van der Waals surface area contributed by atoms with E-state index in [0.29, 0.717) is 17.9 Å². The molecule has 2 aromatic heterocycles. The van der Waals surface area contributed by atoms with Crippen molar-refractivity contribution < 1.29 is 13.7 Å². The van der Waals surface area contributed by atoms with Crippen molar-refractivity contribution in [2.75, 3.05) is 0 Å². The molecule has 0 aromatic carbocycles. The van der Waals surface area contributed by atoms with Gasteiger partial charge in [0.05, 0.1) is 23.6 Å². The molecule has 6 nitrogen and oxygen atoms in total. The zero-order valence-electron chi connectivity index (χ0n) is 15.7. The lowest BCUT2D eigenvalue weighted by Crippen LogP contribution is -2.31. The van der Waals surface area contributed by atoms with Gasteiger partial charge in [-0.2, -0.15) is 5.10 Å². The van der Waals surface area contributed by atoms with Gasteiger partial charge in [0, 0.05) is 23.2 Å². The van der Waals surface area contributed by atoms with Gasteiger partial charge in [0.15, 0.2) is 0 Å². The number of carbonyl (C=O) groups excluding carboxylic acids is 1. The molecule has 3 aliphatic carbocycles. The van der Waals surface area contributed by atoms with E-state index in [1.54, 1.807) is 17.0 Å². The third-order valence-electron chi connectivity index (χ3n) is 5.97. The maximum absolute atomic E-state index is 14.4. The molecule has 7 heteroatoms. The number of nitrogens with zero attached hydrogens (tertiary/aromatic N) is 3. The van der Waals surface area contributed by atoms with E-state index in [4.69, 9.17) is 4.52 Å². The minimum absolute atomic E-state index is 0.146. The molecule has 0 bridgehead atoms. The highest BCUT2D eigenvalue weighted by molar-refractivity contribution is 5.93. The normalized spacial score (nSPS) is 23.7. The Morgan fingerprint density at radius 2 is 2.14 bits per heavy atom. The Bertz CT molecular complexity index is 971. The van der Waals surface area contributed by atoms with E-state index in [0.717, 1.165) is 67.5 Å². The molecule has 28 heavy (non-hydrogen) atoms. The van der Waals surface area contributed by atoms with Gasteiger partial charge in [0.25, 0.3) is 5.91 Å². The molecule has 146 valence electrons. The summed E-state index contributed by atoms with van der Waals surface area (Å²) in [5.74, 6) is 0.127. The number of rotatable bonds is 3. The summed E-state index contributed by atoms with van der Waals surface area (Å²) in [6, 6.07) is -0.146. The lowest BCUT2D eigenvalue weighted by molar-refractivity contribution is 0.0894. The fraction of sp³-hybridized carbons (Fsp3) is 0.476. The van der Waals surface area contributed by atoms with Crippen molar-refractivity contribution in [2.24, 2.45) is 0 Å². The standard InChI is InChI=1S/C21H23FN4O2/c22-15-7-2-4-10-19(15)26-18-11-5-9-16(14(18)12-23-26)24-21(27)20-13-6-1-3-8-17(13)25-28-20/h2,4,10,12,15-16H,1,3,5-9,11H2,(H,24,27). The van der Waals surface area contributed by atoms with Crippen molar-refractivity contribution in [1.29, 1.82) is 0 Å². The first-order valence-electron chi connectivity index (χ1n) is 10.1. The van der Waals surface area contributed by atoms with Gasteiger partial charge in [-0.05, 0) is 51.0 Å². The second-order valence-corrected chi connectivity index (χ2v) is 7.74. The zero-order chi connectivity index (χ0) is 19.1. The molecule has 3 aliphatic rings. The number of amides is 1. The second kappa shape index (κ2) is 7.04. The summed E-state index contributed by atoms with van der Waals surface area (Å²) in [5, 5.41) is 11.6. The van der Waals surface area contributed by atoms with Gasteiger partial charge >= 0.3 is 0 Å². The van der Waals surface area contributed by atoms with Crippen LogP contribution in [0.4, 0.5) is 4.39 Å². The Balaban J connectivity index is 1.40. The Morgan fingerprint density at radius 3 is 3.04 bits per heavy atom. The van der Waals surface area contributed by atoms with Crippen LogP contribution >= 0.6 is 0 Å². The van der Waals surface area contributed by atoms with Crippen LogP contribution in [-0.4, -0.2) is 27.0 Å². The van der Waals surface area contributed by atoms with Crippen LogP contribution < -0.4 is 5.32 Å². The molecule has 0 fully saturated rings. The maximum Gasteiger partial charge on any atom is 0.290 e. The third kappa shape index (κ3) is 2.89. The maximum atomic E-state index is 14.4. The fourth-order valence-corrected chi connectivity index (χ4v) is 4.52. The molecule has 0 spiro atoms. The van der Waals surface area contributed by atoms with Crippen LogP contribution in [0.2, 0.25) is 0 Å². The Morgan fingerprint density at radius 1 is 1.25 bits per heavy atom. The first-order chi connectivity index (χ1) is 13.7. The topological polar surface area (TPSA) is 73.0 Å². The summed E-state index contributed by atoms with van der Waals surface area (Å²) in [6.45, 7) is 0. The quantitative estimate of drug-likeness (QED) is 0.879. The van der Waals surface area contributed by atoms with Crippen molar-refractivity contribution in [2.45, 2.75) is 63.6 Å². The molecule has 2 aromatic rings. The van der Waals surface area contributed by atoms with Gasteiger partial charge in [-0.1, -0.05) is 17.3 Å². The van der Waals surface area contributed by atoms with Crippen LogP contribution in [0.3, 0.4) is 0 Å². The minimum Gasteiger partial charge on any atom is -0.350 e. The van der Waals surface area contributed by atoms with Crippen LogP contribution in [0, 0.1) is 0 Å². The van der Waals surface area contributed by atoms with E-state index < -0.39 is 6.17 Å². The van der Waals surface area contributed by atoms with Gasteiger partial charge < -0.3 is 9.84 Å². The van der Waals surface area contributed by atoms with Crippen LogP contribution in [0.5, 0.6) is 0 Å². The number of nitrogens with one attached hydrogen (secondary N) is 1. The Kier molecular flexibility index (Phi) is 4.37. The fourth-order valence-electron chi connectivity index (χ4n) is 4.52. The van der Waals surface area contributed by atoms with Crippen molar-refractivity contribution in [3.8, 4) is 0 Å². The molecule has 0 saturated heterocycles. The number of hydrogen-bond donors (Lipinski definition) is 1. The average Bonchev–Trinajstić information content (AvgIpc) is 3.33. The molecule has 0 aliphatic heterocycles. The molecule has 5 rings (SSSR count). The van der Waals surface area contributed by atoms with Crippen LogP contribution in [0.15, 0.2) is 28.9 Å². The molecule has 2 atom stereocenters. The lowest BCUT2D eigenvalue weighted by atomic mass is 9.92. The number of aromatic nitrogens is 3. The molecule has 1 N–H and O–H groups in total. The number of carbonyl (C=O) groups is 1. The molecule has 0 saturated carbocycles. The molecule has 2 unspecified atom stereocenters. The van der Waals surface area contributed by atoms with Gasteiger partial charge in [-0.3, -0.25) is 4.79 Å². The van der Waals surface area contributed by atoms with Crippen molar-refractivity contribution >= 4 is 11.6 Å². The number of halogens is 1. The van der Waals surface area contributed by atoms with Gasteiger partial charge in [0.1, 0.15) is 6.17 Å². The summed E-state index contributed by atoms with van der Waals surface area (Å²) in [4.78, 5) is 12.9. The predicted molar refractivity (Wildman–Crippen MR) is 101 cm³/mol. The van der Waals surface area contributed by atoms with Crippen LogP contribution in [0.1, 0.15) is 71.2 Å². The van der Waals surface area contributed by atoms with E-state index in [2.05, 4.69) is 15.6 Å². The summed E-state index contributed by atoms with van der Waals surface area (Å²) >= 11 is 0. The van der Waals surface area contributed by atoms with Crippen molar-refractivity contribution in [1.82, 2.24) is 20.3 Å². The average molecular weight is 382 g/mol. The summed E-state index contributed by atoms with van der Waals surface area (Å²) < 4.78 is 21.5. The highest BCUT2D eigenvalue weighted by atomic mass is 19.1. The van der Waals surface area contributed by atoms with Gasteiger partial charge in [0.2, 0.25) is 5.76 Å². The van der Waals surface area contributed by atoms with Crippen molar-refractivity contribution in [3.63, 3.8) is 0 Å². The van der Waals surface area contributed by atoms with Gasteiger partial charge in [-0.25, -0.2) is 9.07 Å². The number of fused-ring (bicyclic) bond motifs is 2. The second-order valence-electron chi connectivity index (χ2n) is 7.74. The first kappa shape index (κ1) is 17.4. The Hall–Kier alpha value is -2.70. The zero-order valence-corrected chi connectivity index (χ0v) is 15.7. The molecule has 2 heterocycles. The number of allylic oxidation sites excluding steroid dienone is 4. The summed E-state index contributed by atoms with van der Waals surface area (Å²) in [5.41, 5.74) is 4.39. The van der Waals surface area contributed by atoms with E-state index in [1.807, 2.05) is 12.2 Å². The molecular weight excluding hydrogens is 359 g/mol. The lowest BCUT2D eigenvalue weighted by Gasteiger charge is -2.25. The Labute approximate surface area is 162 Å². The smallest absolute Gasteiger partial charge is 0.290 e. The molecule has 0 radical (unpaired) electrons. The van der Waals surface area contributed by atoms with Gasteiger partial charge in [-0.15, -0.1) is 0 Å². The highest BCUT2D eigenvalue weighted by Gasteiger charge is 2.31. The molecular formula is C21H23FN4O2. The summed E-state index contributed by atoms with van der Waals surface area (Å²) in [7, 11) is 0.